The third kappa shape index (κ3) is 13.4. The molecule has 0 heterocycles. The van der Waals surface area contributed by atoms with Gasteiger partial charge in [-0.25, -0.2) is 0 Å². The predicted molar refractivity (Wildman–Crippen MR) is 163 cm³/mol. The monoisotopic (exact) mass is 746 g/mol. The molecule has 0 aliphatic carbocycles. The van der Waals surface area contributed by atoms with Gasteiger partial charge in [-0.3, -0.25) is 0 Å². The maximum Gasteiger partial charge on any atom is 0.341 e. The van der Waals surface area contributed by atoms with Crippen molar-refractivity contribution in [1.82, 2.24) is 0 Å². The van der Waals surface area contributed by atoms with Crippen LogP contribution in [0.5, 0.6) is 0 Å². The Bertz CT molecular complexity index is 733. The minimum atomic E-state index is -2.86. The normalized spacial score (nSPS) is 13.7. The lowest BCUT2D eigenvalue weighted by atomic mass is 9.83. The van der Waals surface area contributed by atoms with Gasteiger partial charge in [0.2, 0.25) is 0 Å². The zero-order valence-corrected chi connectivity index (χ0v) is 30.3. The summed E-state index contributed by atoms with van der Waals surface area (Å²) < 4.78 is 0. The Morgan fingerprint density at radius 2 is 0.594 bits per heavy atom. The van der Waals surface area contributed by atoms with E-state index in [1.807, 2.05) is 0 Å². The second-order valence-corrected chi connectivity index (χ2v) is 44.7. The van der Waals surface area contributed by atoms with Gasteiger partial charge in [-0.15, -0.1) is 133 Å². The van der Waals surface area contributed by atoms with E-state index in [4.69, 9.17) is 133 Å². The van der Waals surface area contributed by atoms with Crippen LogP contribution in [0.4, 0.5) is 0 Å². The Labute approximate surface area is 251 Å². The maximum atomic E-state index is 6.22. The first-order valence-corrected chi connectivity index (χ1v) is 30.6. The standard InChI is InChI=1S/C16H22Cl12Si4/c1-11-13(3-7-29(17,18)19)12(2)15(5-9-31(23,24)25)16(6-10-32(26,27)28)14(11)4-8-30(20,21)22/h3-10H2,1-2H3. The summed E-state index contributed by atoms with van der Waals surface area (Å²) in [6, 6.07) is -9.49. The molecule has 0 N–H and O–H groups in total. The van der Waals surface area contributed by atoms with Gasteiger partial charge >= 0.3 is 24.0 Å². The van der Waals surface area contributed by atoms with E-state index >= 15 is 0 Å². The first kappa shape index (κ1) is 33.6. The summed E-state index contributed by atoms with van der Waals surface area (Å²) in [7, 11) is 0. The lowest BCUT2D eigenvalue weighted by molar-refractivity contribution is 0.917. The molecule has 186 valence electrons. The van der Waals surface area contributed by atoms with Crippen LogP contribution in [-0.2, 0) is 25.7 Å². The first-order chi connectivity index (χ1) is 14.2. The molecular formula is C16H22Cl12Si4. The summed E-state index contributed by atoms with van der Waals surface area (Å²) in [6.45, 7) is 4.11. The highest BCUT2D eigenvalue weighted by molar-refractivity contribution is 7.66. The van der Waals surface area contributed by atoms with E-state index in [1.165, 1.54) is 0 Å². The Morgan fingerprint density at radius 3 is 0.844 bits per heavy atom. The van der Waals surface area contributed by atoms with Gasteiger partial charge in [-0.1, -0.05) is 0 Å². The van der Waals surface area contributed by atoms with Crippen LogP contribution in [0.3, 0.4) is 0 Å². The molecule has 16 heteroatoms. The molecule has 0 fully saturated rings. The summed E-state index contributed by atoms with van der Waals surface area (Å²) in [5, 5.41) is 0. The molecule has 1 rings (SSSR count). The summed E-state index contributed by atoms with van der Waals surface area (Å²) >= 11 is 74.4. The van der Waals surface area contributed by atoms with Crippen LogP contribution in [0, 0.1) is 13.8 Å². The molecule has 0 aliphatic rings. The minimum absolute atomic E-state index is 0.466. The fourth-order valence-electron chi connectivity index (χ4n) is 3.70. The Kier molecular flexibility index (Phi) is 14.3. The van der Waals surface area contributed by atoms with E-state index in [1.54, 1.807) is 0 Å². The molecular weight excluding hydrogens is 730 g/mol. The van der Waals surface area contributed by atoms with Crippen molar-refractivity contribution >= 4 is 157 Å². The molecule has 0 bridgehead atoms. The zero-order valence-electron chi connectivity index (χ0n) is 17.2. The molecule has 0 spiro atoms. The predicted octanol–water partition coefficient (Wildman–Crippen LogP) is 11.1. The number of rotatable bonds is 12. The molecule has 1 aromatic carbocycles. The van der Waals surface area contributed by atoms with E-state index in [0.717, 1.165) is 33.4 Å². The van der Waals surface area contributed by atoms with Gasteiger partial charge in [0.05, 0.1) is 0 Å². The number of halogens is 12. The van der Waals surface area contributed by atoms with E-state index in [0.29, 0.717) is 49.9 Å². The topological polar surface area (TPSA) is 0 Å². The van der Waals surface area contributed by atoms with Gasteiger partial charge in [0, 0.05) is 0 Å². The van der Waals surface area contributed by atoms with Gasteiger partial charge in [-0.05, 0) is 97.1 Å². The van der Waals surface area contributed by atoms with Gasteiger partial charge in [0.1, 0.15) is 0 Å². The van der Waals surface area contributed by atoms with Crippen molar-refractivity contribution in [1.29, 1.82) is 0 Å². The highest BCUT2D eigenvalue weighted by atomic mass is 35.9. The number of benzene rings is 1. The summed E-state index contributed by atoms with van der Waals surface area (Å²) in [4.78, 5) is 0. The van der Waals surface area contributed by atoms with Crippen molar-refractivity contribution in [3.8, 4) is 0 Å². The summed E-state index contributed by atoms with van der Waals surface area (Å²) in [5.41, 5.74) is 6.62. The minimum Gasteiger partial charge on any atom is -0.126 e. The van der Waals surface area contributed by atoms with Gasteiger partial charge in [-0.2, -0.15) is 0 Å². The quantitative estimate of drug-likeness (QED) is 0.147. The van der Waals surface area contributed by atoms with Crippen molar-refractivity contribution in [3.05, 3.63) is 33.4 Å². The van der Waals surface area contributed by atoms with Crippen molar-refractivity contribution < 1.29 is 0 Å². The molecule has 0 aromatic heterocycles. The highest BCUT2D eigenvalue weighted by Crippen LogP contribution is 2.39. The number of hydrogen-bond donors (Lipinski definition) is 0. The molecule has 0 radical (unpaired) electrons. The fourth-order valence-corrected chi connectivity index (χ4v) is 9.24. The summed E-state index contributed by atoms with van der Waals surface area (Å²) in [6.07, 6.45) is 2.43. The van der Waals surface area contributed by atoms with Gasteiger partial charge in [0.15, 0.2) is 0 Å². The average Bonchev–Trinajstić information content (AvgIpc) is 2.54. The van der Waals surface area contributed by atoms with E-state index in [2.05, 4.69) is 13.8 Å². The van der Waals surface area contributed by atoms with E-state index in [-0.39, 0.29) is 0 Å². The second-order valence-electron chi connectivity index (χ2n) is 7.62. The smallest absolute Gasteiger partial charge is 0.126 e. The lowest BCUT2D eigenvalue weighted by Gasteiger charge is -2.26. The van der Waals surface area contributed by atoms with Crippen LogP contribution in [-0.4, -0.2) is 24.0 Å². The van der Waals surface area contributed by atoms with Gasteiger partial charge < -0.3 is 0 Å². The van der Waals surface area contributed by atoms with Crippen LogP contribution >= 0.6 is 133 Å². The third-order valence-corrected chi connectivity index (χ3v) is 15.2. The molecule has 32 heavy (non-hydrogen) atoms. The van der Waals surface area contributed by atoms with Crippen LogP contribution < -0.4 is 0 Å². The Morgan fingerprint density at radius 1 is 0.375 bits per heavy atom. The van der Waals surface area contributed by atoms with Gasteiger partial charge in [0.25, 0.3) is 0 Å². The highest BCUT2D eigenvalue weighted by Gasteiger charge is 2.32. The van der Waals surface area contributed by atoms with Crippen molar-refractivity contribution in [2.75, 3.05) is 0 Å². The second kappa shape index (κ2) is 13.6. The van der Waals surface area contributed by atoms with Crippen molar-refractivity contribution in [2.24, 2.45) is 0 Å². The van der Waals surface area contributed by atoms with E-state index < -0.39 is 24.0 Å². The number of hydrogen-bond acceptors (Lipinski definition) is 0. The molecule has 0 amide bonds. The van der Waals surface area contributed by atoms with Crippen LogP contribution in [0.1, 0.15) is 33.4 Å². The van der Waals surface area contributed by atoms with Crippen LogP contribution in [0.2, 0.25) is 24.2 Å². The van der Waals surface area contributed by atoms with Crippen molar-refractivity contribution in [3.63, 3.8) is 0 Å². The largest absolute Gasteiger partial charge is 0.341 e. The molecule has 0 aliphatic heterocycles. The van der Waals surface area contributed by atoms with Crippen LogP contribution in [0.25, 0.3) is 0 Å². The van der Waals surface area contributed by atoms with Crippen molar-refractivity contribution in [2.45, 2.75) is 63.7 Å². The Balaban J connectivity index is 3.65. The molecule has 0 atom stereocenters. The van der Waals surface area contributed by atoms with E-state index in [9.17, 15) is 0 Å². The maximum absolute atomic E-state index is 6.22. The fraction of sp³-hybridized carbons (Fsp3) is 0.625. The molecule has 0 unspecified atom stereocenters. The SMILES string of the molecule is Cc1c(CC[Si](Cl)(Cl)Cl)c(C)c(CC[Si](Cl)(Cl)Cl)c(CC[Si](Cl)(Cl)Cl)c1CC[Si](Cl)(Cl)Cl. The summed E-state index contributed by atoms with van der Waals surface area (Å²) in [5.74, 6) is 0. The third-order valence-electron chi connectivity index (χ3n) is 5.17. The first-order valence-electron chi connectivity index (χ1n) is 9.60. The molecule has 0 saturated carbocycles. The molecule has 0 nitrogen and oxygen atoms in total. The zero-order chi connectivity index (χ0) is 25.1. The Hall–Kier alpha value is 3.57. The van der Waals surface area contributed by atoms with Crippen LogP contribution in [0.15, 0.2) is 0 Å². The molecule has 0 saturated heterocycles. The lowest BCUT2D eigenvalue weighted by Crippen LogP contribution is -2.19. The average molecular weight is 752 g/mol. The molecule has 1 aromatic rings.